The van der Waals surface area contributed by atoms with E-state index in [1.165, 1.54) is 6.07 Å². The van der Waals surface area contributed by atoms with E-state index in [2.05, 4.69) is 4.90 Å². The monoisotopic (exact) mass is 389 g/mol. The third kappa shape index (κ3) is 6.79. The number of piperazine rings is 1. The number of hydrogen-bond acceptors (Lipinski definition) is 4. The predicted octanol–water partition coefficient (Wildman–Crippen LogP) is 1.62. The van der Waals surface area contributed by atoms with Crippen molar-refractivity contribution in [3.63, 3.8) is 0 Å². The van der Waals surface area contributed by atoms with Gasteiger partial charge in [-0.3, -0.25) is 14.6 Å². The Hall–Kier alpha value is -0.630. The summed E-state index contributed by atoms with van der Waals surface area (Å²) in [7, 11) is 0. The van der Waals surface area contributed by atoms with Gasteiger partial charge in [0.05, 0.1) is 0 Å². The van der Waals surface area contributed by atoms with Crippen LogP contribution in [-0.4, -0.2) is 59.6 Å². The van der Waals surface area contributed by atoms with Crippen molar-refractivity contribution in [1.29, 1.82) is 0 Å². The molecule has 0 spiro atoms. The number of nitrogens with two attached hydrogens (primary N) is 1. The van der Waals surface area contributed by atoms with Crippen LogP contribution in [0.25, 0.3) is 0 Å². The molecule has 0 amide bonds. The van der Waals surface area contributed by atoms with Crippen LogP contribution in [-0.2, 0) is 11.3 Å². The lowest BCUT2D eigenvalue weighted by Gasteiger charge is -2.37. The van der Waals surface area contributed by atoms with Gasteiger partial charge in [-0.05, 0) is 6.07 Å². The van der Waals surface area contributed by atoms with Gasteiger partial charge in [0.2, 0.25) is 0 Å². The van der Waals surface area contributed by atoms with Gasteiger partial charge in [0.1, 0.15) is 11.9 Å². The van der Waals surface area contributed by atoms with E-state index in [1.807, 2.05) is 11.0 Å². The van der Waals surface area contributed by atoms with Crippen LogP contribution in [0.3, 0.4) is 0 Å². The molecule has 1 aliphatic heterocycles. The third-order valence-electron chi connectivity index (χ3n) is 3.71. The van der Waals surface area contributed by atoms with Gasteiger partial charge in [-0.2, -0.15) is 0 Å². The Bertz CT molecular complexity index is 474. The highest BCUT2D eigenvalue weighted by atomic mass is 35.5. The fourth-order valence-electron chi connectivity index (χ4n) is 2.51. The lowest BCUT2D eigenvalue weighted by atomic mass is 10.1. The van der Waals surface area contributed by atoms with Gasteiger partial charge >= 0.3 is 5.97 Å². The molecule has 1 heterocycles. The van der Waals surface area contributed by atoms with Crippen molar-refractivity contribution in [2.24, 2.45) is 5.73 Å². The van der Waals surface area contributed by atoms with Crippen molar-refractivity contribution in [3.8, 4) is 0 Å². The van der Waals surface area contributed by atoms with Gasteiger partial charge in [0, 0.05) is 44.8 Å². The molecule has 1 atom stereocenters. The molecule has 9 heteroatoms. The maximum atomic E-state index is 13.6. The van der Waals surface area contributed by atoms with Crippen LogP contribution in [0.1, 0.15) is 5.56 Å². The van der Waals surface area contributed by atoms with Crippen molar-refractivity contribution < 1.29 is 14.3 Å². The summed E-state index contributed by atoms with van der Waals surface area (Å²) in [5.74, 6) is -1.07. The quantitative estimate of drug-likeness (QED) is 0.799. The van der Waals surface area contributed by atoms with Gasteiger partial charge in [0.15, 0.2) is 0 Å². The second-order valence-corrected chi connectivity index (χ2v) is 4.99. The van der Waals surface area contributed by atoms with Crippen LogP contribution in [0.2, 0.25) is 0 Å². The Morgan fingerprint density at radius 2 is 1.74 bits per heavy atom. The summed E-state index contributed by atoms with van der Waals surface area (Å²) in [6.45, 7) is 3.39. The van der Waals surface area contributed by atoms with Gasteiger partial charge in [-0.25, -0.2) is 4.39 Å². The number of nitrogens with zero attached hydrogens (tertiary/aromatic N) is 2. The SMILES string of the molecule is Cl.Cl.Cl.NC[C@@H](C(=O)O)N1CCN(Cc2ccccc2F)CC1. The number of aliphatic carboxylic acids is 1. The lowest BCUT2D eigenvalue weighted by Crippen LogP contribution is -2.54. The van der Waals surface area contributed by atoms with Crippen molar-refractivity contribution >= 4 is 43.2 Å². The molecule has 2 rings (SSSR count). The minimum Gasteiger partial charge on any atom is -0.480 e. The average molecular weight is 391 g/mol. The third-order valence-corrected chi connectivity index (χ3v) is 3.71. The van der Waals surface area contributed by atoms with Crippen LogP contribution >= 0.6 is 37.2 Å². The molecule has 23 heavy (non-hydrogen) atoms. The van der Waals surface area contributed by atoms with Gasteiger partial charge in [0.25, 0.3) is 0 Å². The second-order valence-electron chi connectivity index (χ2n) is 4.99. The Morgan fingerprint density at radius 1 is 1.17 bits per heavy atom. The summed E-state index contributed by atoms with van der Waals surface area (Å²) in [4.78, 5) is 15.1. The molecule has 1 aliphatic rings. The van der Waals surface area contributed by atoms with Crippen molar-refractivity contribution in [2.75, 3.05) is 32.7 Å². The number of rotatable bonds is 5. The highest BCUT2D eigenvalue weighted by Gasteiger charge is 2.27. The molecule has 0 saturated carbocycles. The summed E-state index contributed by atoms with van der Waals surface area (Å²) in [6, 6.07) is 6.12. The fourth-order valence-corrected chi connectivity index (χ4v) is 2.51. The zero-order valence-corrected chi connectivity index (χ0v) is 15.0. The normalized spacial score (nSPS) is 16.4. The Labute approximate surface area is 154 Å². The number of carbonyl (C=O) groups is 1. The summed E-state index contributed by atoms with van der Waals surface area (Å²) < 4.78 is 13.6. The zero-order valence-electron chi connectivity index (χ0n) is 12.6. The molecular formula is C14H23Cl3FN3O2. The number of halogens is 4. The van der Waals surface area contributed by atoms with E-state index in [0.29, 0.717) is 25.2 Å². The number of hydrogen-bond donors (Lipinski definition) is 2. The fraction of sp³-hybridized carbons (Fsp3) is 0.500. The number of benzene rings is 1. The van der Waals surface area contributed by atoms with Gasteiger partial charge in [-0.15, -0.1) is 37.2 Å². The molecule has 0 aromatic heterocycles. The molecule has 1 saturated heterocycles. The van der Waals surface area contributed by atoms with Crippen molar-refractivity contribution in [3.05, 3.63) is 35.6 Å². The van der Waals surface area contributed by atoms with Crippen molar-refractivity contribution in [1.82, 2.24) is 9.80 Å². The Kier molecular flexibility index (Phi) is 12.7. The van der Waals surface area contributed by atoms with E-state index in [4.69, 9.17) is 10.8 Å². The Morgan fingerprint density at radius 3 is 2.22 bits per heavy atom. The maximum absolute atomic E-state index is 13.6. The molecule has 1 aromatic carbocycles. The van der Waals surface area contributed by atoms with Crippen LogP contribution < -0.4 is 5.73 Å². The summed E-state index contributed by atoms with van der Waals surface area (Å²) in [5.41, 5.74) is 6.17. The van der Waals surface area contributed by atoms with E-state index < -0.39 is 12.0 Å². The molecule has 0 aliphatic carbocycles. The minimum atomic E-state index is -0.880. The first kappa shape index (κ1) is 24.6. The van der Waals surface area contributed by atoms with Gasteiger partial charge < -0.3 is 10.8 Å². The molecule has 0 bridgehead atoms. The minimum absolute atomic E-state index is 0. The topological polar surface area (TPSA) is 69.8 Å². The van der Waals surface area contributed by atoms with E-state index >= 15 is 0 Å². The molecule has 1 fully saturated rings. The average Bonchev–Trinajstić information content (AvgIpc) is 2.43. The molecule has 5 nitrogen and oxygen atoms in total. The first-order valence-corrected chi connectivity index (χ1v) is 6.74. The standard InChI is InChI=1S/C14H20FN3O2.3ClH/c15-12-4-2-1-3-11(12)10-17-5-7-18(8-6-17)13(9-16)14(19)20;;;/h1-4,13H,5-10,16H2,(H,19,20);3*1H/t13-;;;/m0.../s1. The molecule has 3 N–H and O–H groups in total. The molecule has 0 unspecified atom stereocenters. The first-order chi connectivity index (χ1) is 9.61. The molecular weight excluding hydrogens is 368 g/mol. The van der Waals surface area contributed by atoms with Crippen LogP contribution in [0.5, 0.6) is 0 Å². The highest BCUT2D eigenvalue weighted by molar-refractivity contribution is 5.86. The van der Waals surface area contributed by atoms with Crippen molar-refractivity contribution in [2.45, 2.75) is 12.6 Å². The largest absolute Gasteiger partial charge is 0.480 e. The van der Waals surface area contributed by atoms with Crippen LogP contribution in [0, 0.1) is 5.82 Å². The molecule has 134 valence electrons. The van der Waals surface area contributed by atoms with E-state index in [-0.39, 0.29) is 49.6 Å². The van der Waals surface area contributed by atoms with E-state index in [0.717, 1.165) is 13.1 Å². The number of carboxylic acid groups (broad SMARTS) is 1. The Balaban J connectivity index is 0. The number of carboxylic acids is 1. The maximum Gasteiger partial charge on any atom is 0.322 e. The van der Waals surface area contributed by atoms with Crippen LogP contribution in [0.4, 0.5) is 4.39 Å². The van der Waals surface area contributed by atoms with E-state index in [9.17, 15) is 9.18 Å². The second kappa shape index (κ2) is 11.8. The summed E-state index contributed by atoms with van der Waals surface area (Å²) >= 11 is 0. The van der Waals surface area contributed by atoms with E-state index in [1.54, 1.807) is 12.1 Å². The predicted molar refractivity (Wildman–Crippen MR) is 95.5 cm³/mol. The molecule has 0 radical (unpaired) electrons. The summed E-state index contributed by atoms with van der Waals surface area (Å²) in [6.07, 6.45) is 0. The smallest absolute Gasteiger partial charge is 0.322 e. The summed E-state index contributed by atoms with van der Waals surface area (Å²) in [5, 5.41) is 9.08. The first-order valence-electron chi connectivity index (χ1n) is 6.74. The zero-order chi connectivity index (χ0) is 14.5. The molecule has 1 aromatic rings. The van der Waals surface area contributed by atoms with Gasteiger partial charge in [-0.1, -0.05) is 18.2 Å². The van der Waals surface area contributed by atoms with Crippen LogP contribution in [0.15, 0.2) is 24.3 Å². The lowest BCUT2D eigenvalue weighted by molar-refractivity contribution is -0.143. The highest BCUT2D eigenvalue weighted by Crippen LogP contribution is 2.13.